The Kier molecular flexibility index (Phi) is 6.41. The van der Waals surface area contributed by atoms with Crippen LogP contribution in [0, 0.1) is 0 Å². The van der Waals surface area contributed by atoms with E-state index in [0.29, 0.717) is 11.4 Å². The van der Waals surface area contributed by atoms with Crippen molar-refractivity contribution in [1.82, 2.24) is 9.78 Å². The lowest BCUT2D eigenvalue weighted by Gasteiger charge is -2.15. The molecule has 3 rings (SSSR count). The van der Waals surface area contributed by atoms with Crippen LogP contribution >= 0.6 is 0 Å². The molecule has 0 radical (unpaired) electrons. The summed E-state index contributed by atoms with van der Waals surface area (Å²) in [6, 6.07) is 18.3. The summed E-state index contributed by atoms with van der Waals surface area (Å²) in [6.07, 6.45) is 0. The Hall–Kier alpha value is -3.74. The maximum atomic E-state index is 12.8. The molecule has 0 saturated carbocycles. The Balaban J connectivity index is 1.94. The molecular formula is C23H24N4O3. The highest BCUT2D eigenvalue weighted by Crippen LogP contribution is 2.23. The molecular weight excluding hydrogens is 380 g/mol. The lowest BCUT2D eigenvalue weighted by Crippen LogP contribution is -2.32. The van der Waals surface area contributed by atoms with Gasteiger partial charge in [-0.25, -0.2) is 4.68 Å². The van der Waals surface area contributed by atoms with E-state index in [9.17, 15) is 14.4 Å². The van der Waals surface area contributed by atoms with E-state index in [4.69, 9.17) is 0 Å². The summed E-state index contributed by atoms with van der Waals surface area (Å²) in [7, 11) is 0. The minimum atomic E-state index is -0.544. The number of hydrogen-bond acceptors (Lipinski definition) is 4. The predicted octanol–water partition coefficient (Wildman–Crippen LogP) is 3.63. The highest BCUT2D eigenvalue weighted by Gasteiger charge is 2.15. The van der Waals surface area contributed by atoms with Gasteiger partial charge >= 0.3 is 0 Å². The molecule has 1 aromatic heterocycles. The number of amides is 2. The average molecular weight is 404 g/mol. The predicted molar refractivity (Wildman–Crippen MR) is 117 cm³/mol. The second-order valence-corrected chi connectivity index (χ2v) is 7.24. The van der Waals surface area contributed by atoms with Crippen molar-refractivity contribution in [3.8, 4) is 11.3 Å². The van der Waals surface area contributed by atoms with Crippen LogP contribution in [0.4, 0.5) is 11.4 Å². The highest BCUT2D eigenvalue weighted by molar-refractivity contribution is 5.92. The average Bonchev–Trinajstić information content (AvgIpc) is 2.71. The zero-order valence-corrected chi connectivity index (χ0v) is 17.2. The van der Waals surface area contributed by atoms with Crippen molar-refractivity contribution in [3.05, 3.63) is 76.6 Å². The van der Waals surface area contributed by atoms with E-state index in [1.54, 1.807) is 0 Å². The minimum absolute atomic E-state index is 0.0757. The Morgan fingerprint density at radius 3 is 2.30 bits per heavy atom. The fourth-order valence-electron chi connectivity index (χ4n) is 3.12. The standard InChI is InChI=1S/C23H24N4O3/c1-15(2)18-11-7-8-12-19(18)25-22(29)14-27-23(30)21(24-16(3)28)13-20(26-27)17-9-5-4-6-10-17/h4-13,15H,14H2,1-3H3,(H,24,28)(H,25,29). The Morgan fingerprint density at radius 2 is 1.63 bits per heavy atom. The topological polar surface area (TPSA) is 93.1 Å². The Morgan fingerprint density at radius 1 is 0.967 bits per heavy atom. The highest BCUT2D eigenvalue weighted by atomic mass is 16.2. The van der Waals surface area contributed by atoms with Gasteiger partial charge in [0, 0.05) is 18.2 Å². The molecule has 0 saturated heterocycles. The molecule has 154 valence electrons. The second-order valence-electron chi connectivity index (χ2n) is 7.24. The van der Waals surface area contributed by atoms with Gasteiger partial charge in [-0.1, -0.05) is 62.4 Å². The summed E-state index contributed by atoms with van der Waals surface area (Å²) in [5.41, 5.74) is 2.48. The molecule has 0 aliphatic heterocycles. The molecule has 0 bridgehead atoms. The number of benzene rings is 2. The first-order valence-electron chi connectivity index (χ1n) is 9.69. The molecule has 7 nitrogen and oxygen atoms in total. The van der Waals surface area contributed by atoms with Gasteiger partial charge in [-0.15, -0.1) is 0 Å². The lowest BCUT2D eigenvalue weighted by atomic mass is 10.0. The summed E-state index contributed by atoms with van der Waals surface area (Å²) in [6.45, 7) is 5.13. The van der Waals surface area contributed by atoms with Crippen molar-refractivity contribution in [3.63, 3.8) is 0 Å². The maximum Gasteiger partial charge on any atom is 0.291 e. The number of anilines is 2. The zero-order chi connectivity index (χ0) is 21.7. The number of para-hydroxylation sites is 1. The van der Waals surface area contributed by atoms with E-state index < -0.39 is 5.56 Å². The Bertz CT molecular complexity index is 1120. The maximum absolute atomic E-state index is 12.8. The fourth-order valence-corrected chi connectivity index (χ4v) is 3.12. The number of aromatic nitrogens is 2. The van der Waals surface area contributed by atoms with Crippen LogP contribution in [0.25, 0.3) is 11.3 Å². The van der Waals surface area contributed by atoms with Crippen LogP contribution < -0.4 is 16.2 Å². The van der Waals surface area contributed by atoms with Crippen LogP contribution in [0.3, 0.4) is 0 Å². The first-order valence-corrected chi connectivity index (χ1v) is 9.69. The smallest absolute Gasteiger partial charge is 0.291 e. The van der Waals surface area contributed by atoms with Crippen LogP contribution in [0.5, 0.6) is 0 Å². The third-order valence-corrected chi connectivity index (χ3v) is 4.50. The van der Waals surface area contributed by atoms with Crippen LogP contribution in [-0.4, -0.2) is 21.6 Å². The van der Waals surface area contributed by atoms with E-state index in [1.165, 1.54) is 13.0 Å². The first kappa shape index (κ1) is 21.0. The van der Waals surface area contributed by atoms with E-state index in [0.717, 1.165) is 15.8 Å². The van der Waals surface area contributed by atoms with Crippen LogP contribution in [-0.2, 0) is 16.1 Å². The van der Waals surface area contributed by atoms with Crippen LogP contribution in [0.15, 0.2) is 65.5 Å². The Labute approximate surface area is 174 Å². The number of nitrogens with zero attached hydrogens (tertiary/aromatic N) is 2. The molecule has 2 aromatic carbocycles. The molecule has 0 atom stereocenters. The molecule has 2 amide bonds. The van der Waals surface area contributed by atoms with Gasteiger partial charge in [0.1, 0.15) is 12.2 Å². The lowest BCUT2D eigenvalue weighted by molar-refractivity contribution is -0.117. The quantitative estimate of drug-likeness (QED) is 0.656. The number of rotatable bonds is 6. The third kappa shape index (κ3) is 5.00. The molecule has 7 heteroatoms. The summed E-state index contributed by atoms with van der Waals surface area (Å²) < 4.78 is 1.07. The first-order chi connectivity index (χ1) is 14.3. The molecule has 30 heavy (non-hydrogen) atoms. The van der Waals surface area contributed by atoms with E-state index in [2.05, 4.69) is 15.7 Å². The van der Waals surface area contributed by atoms with E-state index in [1.807, 2.05) is 68.4 Å². The van der Waals surface area contributed by atoms with Crippen molar-refractivity contribution < 1.29 is 9.59 Å². The molecule has 3 aromatic rings. The summed E-state index contributed by atoms with van der Waals surface area (Å²) in [4.78, 5) is 37.0. The summed E-state index contributed by atoms with van der Waals surface area (Å²) in [5, 5.41) is 9.73. The van der Waals surface area contributed by atoms with Crippen molar-refractivity contribution in [2.75, 3.05) is 10.6 Å². The van der Waals surface area contributed by atoms with Gasteiger partial charge in [-0.05, 0) is 23.6 Å². The van der Waals surface area contributed by atoms with Crippen molar-refractivity contribution in [2.45, 2.75) is 33.2 Å². The van der Waals surface area contributed by atoms with E-state index in [-0.39, 0.29) is 30.0 Å². The summed E-state index contributed by atoms with van der Waals surface area (Å²) >= 11 is 0. The largest absolute Gasteiger partial charge is 0.324 e. The third-order valence-electron chi connectivity index (χ3n) is 4.50. The van der Waals surface area contributed by atoms with Crippen molar-refractivity contribution in [2.24, 2.45) is 0 Å². The van der Waals surface area contributed by atoms with Crippen LogP contribution in [0.1, 0.15) is 32.3 Å². The van der Waals surface area contributed by atoms with Gasteiger partial charge in [0.25, 0.3) is 5.56 Å². The van der Waals surface area contributed by atoms with E-state index >= 15 is 0 Å². The minimum Gasteiger partial charge on any atom is -0.324 e. The normalized spacial score (nSPS) is 10.7. The molecule has 1 heterocycles. The monoisotopic (exact) mass is 404 g/mol. The van der Waals surface area contributed by atoms with Gasteiger partial charge in [0.15, 0.2) is 0 Å². The molecule has 0 aliphatic rings. The van der Waals surface area contributed by atoms with Gasteiger partial charge in [-0.3, -0.25) is 14.4 Å². The van der Waals surface area contributed by atoms with Gasteiger partial charge in [0.2, 0.25) is 11.8 Å². The van der Waals surface area contributed by atoms with Crippen molar-refractivity contribution in [1.29, 1.82) is 0 Å². The van der Waals surface area contributed by atoms with Gasteiger partial charge in [-0.2, -0.15) is 5.10 Å². The number of nitrogens with one attached hydrogen (secondary N) is 2. The number of hydrogen-bond donors (Lipinski definition) is 2. The zero-order valence-electron chi connectivity index (χ0n) is 17.2. The van der Waals surface area contributed by atoms with Gasteiger partial charge in [0.05, 0.1) is 5.69 Å². The molecule has 0 spiro atoms. The second kappa shape index (κ2) is 9.17. The number of carbonyl (C=O) groups is 2. The molecule has 0 fully saturated rings. The molecule has 2 N–H and O–H groups in total. The SMILES string of the molecule is CC(=O)Nc1cc(-c2ccccc2)nn(CC(=O)Nc2ccccc2C(C)C)c1=O. The summed E-state index contributed by atoms with van der Waals surface area (Å²) in [5.74, 6) is -0.522. The fraction of sp³-hybridized carbons (Fsp3) is 0.217. The van der Waals surface area contributed by atoms with Gasteiger partial charge < -0.3 is 10.6 Å². The van der Waals surface area contributed by atoms with Crippen LogP contribution in [0.2, 0.25) is 0 Å². The van der Waals surface area contributed by atoms with Crippen molar-refractivity contribution >= 4 is 23.2 Å². The molecule has 0 unspecified atom stereocenters. The number of carbonyl (C=O) groups excluding carboxylic acids is 2. The molecule has 0 aliphatic carbocycles.